The van der Waals surface area contributed by atoms with Crippen molar-refractivity contribution in [3.63, 3.8) is 0 Å². The summed E-state index contributed by atoms with van der Waals surface area (Å²) < 4.78 is 32.5. The molecule has 3 heterocycles. The summed E-state index contributed by atoms with van der Waals surface area (Å²) in [6.45, 7) is 1.54. The van der Waals surface area contributed by atoms with Crippen molar-refractivity contribution in [1.29, 1.82) is 0 Å². The van der Waals surface area contributed by atoms with Gasteiger partial charge in [-0.25, -0.2) is 18.2 Å². The summed E-state index contributed by atoms with van der Waals surface area (Å²) in [4.78, 5) is 29.0. The molecule has 9 nitrogen and oxygen atoms in total. The summed E-state index contributed by atoms with van der Waals surface area (Å²) in [5.41, 5.74) is 2.68. The third kappa shape index (κ3) is 4.23. The minimum absolute atomic E-state index is 0.0161. The highest BCUT2D eigenvalue weighted by Gasteiger charge is 2.28. The van der Waals surface area contributed by atoms with Crippen LogP contribution in [0.4, 0.5) is 5.69 Å². The molecule has 2 aromatic heterocycles. The number of aromatic nitrogens is 3. The number of esters is 1. The van der Waals surface area contributed by atoms with Crippen molar-refractivity contribution in [3.05, 3.63) is 52.8 Å². The van der Waals surface area contributed by atoms with Gasteiger partial charge in [0, 0.05) is 36.3 Å². The standard InChI is InChI=1S/C20H20N4O5S2/c1-3-31(27,28)24-7-6-13-8-14(4-5-17(13)24)18(25)11-29-20(26)16-12-30-19(22-16)15-9-21-23(2)10-15/h4-5,8-10,12H,3,6-7,11H2,1-2H3. The van der Waals surface area contributed by atoms with E-state index in [9.17, 15) is 18.0 Å². The van der Waals surface area contributed by atoms with Crippen LogP contribution in [0.1, 0.15) is 33.3 Å². The quantitative estimate of drug-likeness (QED) is 0.393. The van der Waals surface area contributed by atoms with Crippen LogP contribution in [0, 0.1) is 0 Å². The van der Waals surface area contributed by atoms with Gasteiger partial charge in [0.25, 0.3) is 0 Å². The number of ketones is 1. The fourth-order valence-corrected chi connectivity index (χ4v) is 5.23. The van der Waals surface area contributed by atoms with Crippen molar-refractivity contribution in [2.45, 2.75) is 13.3 Å². The molecule has 11 heteroatoms. The Hall–Kier alpha value is -3.05. The van der Waals surface area contributed by atoms with Gasteiger partial charge < -0.3 is 4.74 Å². The van der Waals surface area contributed by atoms with Crippen LogP contribution in [0.3, 0.4) is 0 Å². The van der Waals surface area contributed by atoms with Crippen LogP contribution in [-0.4, -0.2) is 53.8 Å². The van der Waals surface area contributed by atoms with Gasteiger partial charge in [-0.3, -0.25) is 13.8 Å². The molecular weight excluding hydrogens is 440 g/mol. The van der Waals surface area contributed by atoms with E-state index in [4.69, 9.17) is 4.74 Å². The molecule has 1 aliphatic heterocycles. The highest BCUT2D eigenvalue weighted by Crippen LogP contribution is 2.31. The van der Waals surface area contributed by atoms with Crippen LogP contribution in [0.2, 0.25) is 0 Å². The van der Waals surface area contributed by atoms with Gasteiger partial charge in [0.2, 0.25) is 10.0 Å². The van der Waals surface area contributed by atoms with E-state index < -0.39 is 22.6 Å². The number of hydrogen-bond acceptors (Lipinski definition) is 8. The summed E-state index contributed by atoms with van der Waals surface area (Å²) in [7, 11) is -1.56. The molecule has 1 aromatic carbocycles. The van der Waals surface area contributed by atoms with Gasteiger partial charge in [-0.05, 0) is 37.1 Å². The monoisotopic (exact) mass is 460 g/mol. The third-order valence-corrected chi connectivity index (χ3v) is 7.63. The number of aryl methyl sites for hydroxylation is 1. The fourth-order valence-electron chi connectivity index (χ4n) is 3.31. The second kappa shape index (κ2) is 8.23. The average Bonchev–Trinajstić information content (AvgIpc) is 3.50. The van der Waals surface area contributed by atoms with Gasteiger partial charge in [-0.2, -0.15) is 5.10 Å². The number of thiazole rings is 1. The number of hydrogen-bond donors (Lipinski definition) is 0. The first-order valence-electron chi connectivity index (χ1n) is 9.56. The molecule has 0 spiro atoms. The number of sulfonamides is 1. The molecule has 0 N–H and O–H groups in total. The van der Waals surface area contributed by atoms with Crippen molar-refractivity contribution in [2.24, 2.45) is 7.05 Å². The maximum absolute atomic E-state index is 12.5. The summed E-state index contributed by atoms with van der Waals surface area (Å²) in [5, 5.41) is 6.29. The first-order chi connectivity index (χ1) is 14.8. The molecule has 1 aliphatic rings. The number of ether oxygens (including phenoxy) is 1. The van der Waals surface area contributed by atoms with Gasteiger partial charge in [-0.15, -0.1) is 11.3 Å². The lowest BCUT2D eigenvalue weighted by Crippen LogP contribution is -2.30. The van der Waals surface area contributed by atoms with Crippen molar-refractivity contribution >= 4 is 38.8 Å². The maximum atomic E-state index is 12.5. The largest absolute Gasteiger partial charge is 0.453 e. The zero-order valence-electron chi connectivity index (χ0n) is 16.9. The SMILES string of the molecule is CCS(=O)(=O)N1CCc2cc(C(=O)COC(=O)c3csc(-c4cnn(C)c4)n3)ccc21. The Bertz CT molecular complexity index is 1260. The molecule has 0 saturated heterocycles. The number of Topliss-reactive ketones (excluding diaryl/α,β-unsaturated/α-hetero) is 1. The Morgan fingerprint density at radius 3 is 2.81 bits per heavy atom. The molecule has 0 saturated carbocycles. The summed E-state index contributed by atoms with van der Waals surface area (Å²) in [6, 6.07) is 4.85. The van der Waals surface area contributed by atoms with Crippen LogP contribution in [0.25, 0.3) is 10.6 Å². The Labute approximate surface area is 183 Å². The first-order valence-corrected chi connectivity index (χ1v) is 12.1. The zero-order valence-corrected chi connectivity index (χ0v) is 18.6. The Balaban J connectivity index is 1.40. The van der Waals surface area contributed by atoms with Gasteiger partial charge in [0.15, 0.2) is 18.1 Å². The molecule has 0 radical (unpaired) electrons. The number of carbonyl (C=O) groups is 2. The molecule has 0 atom stereocenters. The molecule has 0 fully saturated rings. The average molecular weight is 461 g/mol. The Morgan fingerprint density at radius 2 is 2.10 bits per heavy atom. The third-order valence-electron chi connectivity index (χ3n) is 4.95. The highest BCUT2D eigenvalue weighted by atomic mass is 32.2. The highest BCUT2D eigenvalue weighted by molar-refractivity contribution is 7.92. The van der Waals surface area contributed by atoms with Crippen molar-refractivity contribution in [3.8, 4) is 10.6 Å². The van der Waals surface area contributed by atoms with E-state index in [0.29, 0.717) is 29.2 Å². The van der Waals surface area contributed by atoms with E-state index in [1.54, 1.807) is 54.6 Å². The molecule has 0 aliphatic carbocycles. The number of anilines is 1. The van der Waals surface area contributed by atoms with Crippen LogP contribution in [0.5, 0.6) is 0 Å². The van der Waals surface area contributed by atoms with Crippen LogP contribution >= 0.6 is 11.3 Å². The predicted octanol–water partition coefficient (Wildman–Crippen LogP) is 2.30. The summed E-state index contributed by atoms with van der Waals surface area (Å²) in [5.74, 6) is -1.03. The topological polar surface area (TPSA) is 111 Å². The second-order valence-electron chi connectivity index (χ2n) is 7.01. The van der Waals surface area contributed by atoms with Gasteiger partial charge in [-0.1, -0.05) is 0 Å². The van der Waals surface area contributed by atoms with E-state index in [-0.39, 0.29) is 17.2 Å². The lowest BCUT2D eigenvalue weighted by Gasteiger charge is -2.18. The van der Waals surface area contributed by atoms with E-state index in [1.165, 1.54) is 15.6 Å². The Morgan fingerprint density at radius 1 is 1.29 bits per heavy atom. The lowest BCUT2D eigenvalue weighted by molar-refractivity contribution is 0.0470. The van der Waals surface area contributed by atoms with Crippen LogP contribution in [-0.2, 0) is 28.2 Å². The van der Waals surface area contributed by atoms with E-state index in [2.05, 4.69) is 10.1 Å². The predicted molar refractivity (Wildman–Crippen MR) is 116 cm³/mol. The summed E-state index contributed by atoms with van der Waals surface area (Å²) >= 11 is 1.29. The number of rotatable bonds is 7. The fraction of sp³-hybridized carbons (Fsp3) is 0.300. The number of fused-ring (bicyclic) bond motifs is 1. The smallest absolute Gasteiger partial charge is 0.358 e. The van der Waals surface area contributed by atoms with E-state index >= 15 is 0 Å². The van der Waals surface area contributed by atoms with Gasteiger partial charge in [0.1, 0.15) is 5.01 Å². The van der Waals surface area contributed by atoms with E-state index in [0.717, 1.165) is 11.1 Å². The van der Waals surface area contributed by atoms with Crippen molar-refractivity contribution in [1.82, 2.24) is 14.8 Å². The number of benzene rings is 1. The second-order valence-corrected chi connectivity index (χ2v) is 10.0. The molecule has 0 unspecified atom stereocenters. The van der Waals surface area contributed by atoms with Crippen molar-refractivity contribution in [2.75, 3.05) is 23.2 Å². The first kappa shape index (κ1) is 21.2. The molecule has 0 amide bonds. The van der Waals surface area contributed by atoms with Crippen molar-refractivity contribution < 1.29 is 22.7 Å². The zero-order chi connectivity index (χ0) is 22.2. The molecule has 0 bridgehead atoms. The minimum atomic E-state index is -3.35. The van der Waals surface area contributed by atoms with Crippen LogP contribution in [0.15, 0.2) is 36.0 Å². The number of carbonyl (C=O) groups excluding carboxylic acids is 2. The maximum Gasteiger partial charge on any atom is 0.358 e. The number of nitrogens with zero attached hydrogens (tertiary/aromatic N) is 4. The molecule has 31 heavy (non-hydrogen) atoms. The summed E-state index contributed by atoms with van der Waals surface area (Å²) in [6.07, 6.45) is 3.97. The molecule has 3 aromatic rings. The lowest BCUT2D eigenvalue weighted by atomic mass is 10.1. The van der Waals surface area contributed by atoms with Gasteiger partial charge in [0.05, 0.1) is 17.6 Å². The minimum Gasteiger partial charge on any atom is -0.453 e. The molecule has 4 rings (SSSR count). The van der Waals surface area contributed by atoms with Crippen LogP contribution < -0.4 is 4.31 Å². The normalized spacial score (nSPS) is 13.3. The Kier molecular flexibility index (Phi) is 5.63. The molecular formula is C20H20N4O5S2. The van der Waals surface area contributed by atoms with Gasteiger partial charge >= 0.3 is 5.97 Å². The van der Waals surface area contributed by atoms with E-state index in [1.807, 2.05) is 0 Å². The molecule has 162 valence electrons.